The molecule has 32 heavy (non-hydrogen) atoms. The van der Waals surface area contributed by atoms with Gasteiger partial charge >= 0.3 is 5.97 Å². The molecule has 1 aliphatic heterocycles. The summed E-state index contributed by atoms with van der Waals surface area (Å²) in [6.07, 6.45) is 1.15. The highest BCUT2D eigenvalue weighted by molar-refractivity contribution is 7.89. The van der Waals surface area contributed by atoms with Crippen LogP contribution in [0.25, 0.3) is 0 Å². The molecule has 10 nitrogen and oxygen atoms in total. The zero-order chi connectivity index (χ0) is 23.5. The summed E-state index contributed by atoms with van der Waals surface area (Å²) < 4.78 is 39.4. The molecular weight excluding hydrogens is 438 g/mol. The molecule has 172 valence electrons. The quantitative estimate of drug-likeness (QED) is 0.632. The van der Waals surface area contributed by atoms with Crippen molar-refractivity contribution in [2.45, 2.75) is 31.0 Å². The fourth-order valence-electron chi connectivity index (χ4n) is 3.40. The number of rotatable bonds is 6. The third-order valence-electron chi connectivity index (χ3n) is 4.86. The first-order chi connectivity index (χ1) is 15.1. The number of nitrogens with zero attached hydrogens (tertiary/aromatic N) is 2. The highest BCUT2D eigenvalue weighted by atomic mass is 32.2. The molecule has 1 fully saturated rings. The van der Waals surface area contributed by atoms with E-state index in [0.717, 1.165) is 0 Å². The molecule has 0 unspecified atom stereocenters. The van der Waals surface area contributed by atoms with Gasteiger partial charge in [-0.3, -0.25) is 14.9 Å². The average Bonchev–Trinajstić information content (AvgIpc) is 3.17. The van der Waals surface area contributed by atoms with E-state index in [2.05, 4.69) is 5.32 Å². The molecule has 2 amide bonds. The second kappa shape index (κ2) is 9.63. The van der Waals surface area contributed by atoms with Crippen LogP contribution < -0.4 is 5.32 Å². The molecule has 0 aliphatic carbocycles. The number of aromatic nitrogens is 1. The number of ether oxygens (including phenoxy) is 2. The van der Waals surface area contributed by atoms with Crippen molar-refractivity contribution in [2.24, 2.45) is 7.05 Å². The van der Waals surface area contributed by atoms with Gasteiger partial charge in [-0.15, -0.1) is 0 Å². The molecule has 1 aromatic carbocycles. The Morgan fingerprint density at radius 3 is 2.44 bits per heavy atom. The maximum absolute atomic E-state index is 13.0. The van der Waals surface area contributed by atoms with Crippen molar-refractivity contribution < 1.29 is 32.3 Å². The number of sulfonamides is 1. The van der Waals surface area contributed by atoms with Gasteiger partial charge in [-0.2, -0.15) is 4.31 Å². The number of morpholine rings is 1. The van der Waals surface area contributed by atoms with Gasteiger partial charge in [0.25, 0.3) is 11.8 Å². The number of benzene rings is 1. The van der Waals surface area contributed by atoms with Gasteiger partial charge in [-0.1, -0.05) is 6.07 Å². The number of nitrogens with one attached hydrogen (secondary N) is 1. The molecule has 1 aromatic heterocycles. The Kier molecular flexibility index (Phi) is 7.12. The maximum Gasteiger partial charge on any atom is 0.338 e. The number of amides is 2. The molecule has 1 saturated heterocycles. The first kappa shape index (κ1) is 23.6. The Labute approximate surface area is 186 Å². The van der Waals surface area contributed by atoms with E-state index in [9.17, 15) is 22.8 Å². The summed E-state index contributed by atoms with van der Waals surface area (Å²) in [6, 6.07) is 8.60. The van der Waals surface area contributed by atoms with E-state index in [1.54, 1.807) is 33.2 Å². The van der Waals surface area contributed by atoms with Crippen molar-refractivity contribution in [1.29, 1.82) is 0 Å². The van der Waals surface area contributed by atoms with E-state index in [4.69, 9.17) is 9.47 Å². The standard InChI is InChI=1S/C21H25N3O7S/c1-14-11-24(12-15(2)31-14)32(28,29)17-7-4-6-16(10-17)21(27)30-13-19(25)22-20(26)18-8-5-9-23(18)3/h4-10,14-15H,11-13H2,1-3H3,(H,22,25,26)/t14-,15-/m0/s1. The fourth-order valence-corrected chi connectivity index (χ4v) is 5.03. The molecule has 1 aliphatic rings. The Morgan fingerprint density at radius 2 is 1.81 bits per heavy atom. The molecule has 11 heteroatoms. The van der Waals surface area contributed by atoms with Crippen LogP contribution in [0.1, 0.15) is 34.7 Å². The second-order valence-electron chi connectivity index (χ2n) is 7.56. The number of carbonyl (C=O) groups excluding carboxylic acids is 3. The van der Waals surface area contributed by atoms with Crippen LogP contribution in [0.15, 0.2) is 47.5 Å². The van der Waals surface area contributed by atoms with E-state index in [-0.39, 0.29) is 41.5 Å². The number of esters is 1. The minimum Gasteiger partial charge on any atom is -0.452 e. The minimum absolute atomic E-state index is 0.0259. The Balaban J connectivity index is 1.63. The normalized spacial score (nSPS) is 19.3. The first-order valence-corrected chi connectivity index (χ1v) is 11.4. The predicted molar refractivity (Wildman–Crippen MR) is 113 cm³/mol. The van der Waals surface area contributed by atoms with E-state index in [1.165, 1.54) is 39.2 Å². The molecule has 2 aromatic rings. The number of hydrogen-bond donors (Lipinski definition) is 1. The van der Waals surface area contributed by atoms with Crippen LogP contribution in [0.2, 0.25) is 0 Å². The Morgan fingerprint density at radius 1 is 1.12 bits per heavy atom. The molecule has 1 N–H and O–H groups in total. The summed E-state index contributed by atoms with van der Waals surface area (Å²) in [5.41, 5.74) is 0.247. The van der Waals surface area contributed by atoms with E-state index in [1.807, 2.05) is 0 Å². The van der Waals surface area contributed by atoms with Gasteiger partial charge in [0.15, 0.2) is 6.61 Å². The lowest BCUT2D eigenvalue weighted by molar-refractivity contribution is -0.123. The van der Waals surface area contributed by atoms with Crippen LogP contribution in [-0.2, 0) is 31.3 Å². The fraction of sp³-hybridized carbons (Fsp3) is 0.381. The van der Waals surface area contributed by atoms with Gasteiger partial charge in [0.1, 0.15) is 5.69 Å². The first-order valence-electron chi connectivity index (χ1n) is 9.96. The summed E-state index contributed by atoms with van der Waals surface area (Å²) in [5, 5.41) is 2.13. The summed E-state index contributed by atoms with van der Waals surface area (Å²) in [4.78, 5) is 36.3. The van der Waals surface area contributed by atoms with Crippen LogP contribution in [-0.4, -0.2) is 67.0 Å². The van der Waals surface area contributed by atoms with Crippen LogP contribution in [0.5, 0.6) is 0 Å². The van der Waals surface area contributed by atoms with Gasteiger partial charge in [0.2, 0.25) is 10.0 Å². The number of imide groups is 1. The van der Waals surface area contributed by atoms with Crippen molar-refractivity contribution in [3.8, 4) is 0 Å². The van der Waals surface area contributed by atoms with Gasteiger partial charge in [0, 0.05) is 26.3 Å². The van der Waals surface area contributed by atoms with Crippen molar-refractivity contribution in [1.82, 2.24) is 14.2 Å². The third-order valence-corrected chi connectivity index (χ3v) is 6.68. The van der Waals surface area contributed by atoms with Crippen LogP contribution >= 0.6 is 0 Å². The van der Waals surface area contributed by atoms with Crippen LogP contribution in [0.4, 0.5) is 0 Å². The Bertz CT molecular complexity index is 1120. The highest BCUT2D eigenvalue weighted by Crippen LogP contribution is 2.22. The summed E-state index contributed by atoms with van der Waals surface area (Å²) in [5.74, 6) is -2.31. The van der Waals surface area contributed by atoms with E-state index >= 15 is 0 Å². The minimum atomic E-state index is -3.84. The van der Waals surface area contributed by atoms with Gasteiger partial charge in [0.05, 0.1) is 22.7 Å². The van der Waals surface area contributed by atoms with Crippen LogP contribution in [0, 0.1) is 0 Å². The molecule has 0 saturated carbocycles. The monoisotopic (exact) mass is 463 g/mol. The molecule has 0 spiro atoms. The number of aryl methyl sites for hydroxylation is 1. The largest absolute Gasteiger partial charge is 0.452 e. The SMILES string of the molecule is C[C@H]1CN(S(=O)(=O)c2cccc(C(=O)OCC(=O)NC(=O)c3cccn3C)c2)C[C@H](C)O1. The molecule has 2 heterocycles. The molecule has 0 radical (unpaired) electrons. The molecular formula is C21H25N3O7S. The smallest absolute Gasteiger partial charge is 0.338 e. The zero-order valence-corrected chi connectivity index (χ0v) is 18.8. The summed E-state index contributed by atoms with van der Waals surface area (Å²) in [6.45, 7) is 3.30. The van der Waals surface area contributed by atoms with E-state index < -0.39 is 34.4 Å². The average molecular weight is 464 g/mol. The van der Waals surface area contributed by atoms with Crippen LogP contribution in [0.3, 0.4) is 0 Å². The third kappa shape index (κ3) is 5.42. The van der Waals surface area contributed by atoms with Crippen molar-refractivity contribution in [3.63, 3.8) is 0 Å². The van der Waals surface area contributed by atoms with Crippen molar-refractivity contribution in [3.05, 3.63) is 53.9 Å². The second-order valence-corrected chi connectivity index (χ2v) is 9.50. The number of hydrogen-bond acceptors (Lipinski definition) is 7. The topological polar surface area (TPSA) is 124 Å². The molecule has 0 bridgehead atoms. The van der Waals surface area contributed by atoms with Crippen molar-refractivity contribution in [2.75, 3.05) is 19.7 Å². The Hall–Kier alpha value is -3.02. The zero-order valence-electron chi connectivity index (χ0n) is 18.0. The maximum atomic E-state index is 13.0. The summed E-state index contributed by atoms with van der Waals surface area (Å²) in [7, 11) is -2.19. The van der Waals surface area contributed by atoms with E-state index in [0.29, 0.717) is 0 Å². The lowest BCUT2D eigenvalue weighted by Gasteiger charge is -2.34. The van der Waals surface area contributed by atoms with Gasteiger partial charge in [-0.05, 0) is 44.2 Å². The predicted octanol–water partition coefficient (Wildman–Crippen LogP) is 0.936. The lowest BCUT2D eigenvalue weighted by atomic mass is 10.2. The van der Waals surface area contributed by atoms with Crippen molar-refractivity contribution >= 4 is 27.8 Å². The molecule has 2 atom stereocenters. The van der Waals surface area contributed by atoms with Gasteiger partial charge < -0.3 is 14.0 Å². The lowest BCUT2D eigenvalue weighted by Crippen LogP contribution is -2.48. The van der Waals surface area contributed by atoms with Gasteiger partial charge in [-0.25, -0.2) is 13.2 Å². The highest BCUT2D eigenvalue weighted by Gasteiger charge is 2.32. The summed E-state index contributed by atoms with van der Waals surface area (Å²) >= 11 is 0. The number of carbonyl (C=O) groups is 3. The molecule has 3 rings (SSSR count).